The molecule has 0 saturated heterocycles. The van der Waals surface area contributed by atoms with Gasteiger partial charge in [0.2, 0.25) is 0 Å². The molecule has 0 saturated carbocycles. The van der Waals surface area contributed by atoms with Gasteiger partial charge < -0.3 is 8.23 Å². The summed E-state index contributed by atoms with van der Waals surface area (Å²) in [6.45, 7) is 20.3. The summed E-state index contributed by atoms with van der Waals surface area (Å²) in [5.74, 6) is 0. The third-order valence-electron chi connectivity index (χ3n) is 2.29. The van der Waals surface area contributed by atoms with Gasteiger partial charge >= 0.3 is 8.56 Å². The van der Waals surface area contributed by atoms with Gasteiger partial charge in [0.25, 0.3) is 0 Å². The molecule has 0 atom stereocenters. The molecule has 0 aromatic heterocycles. The van der Waals surface area contributed by atoms with E-state index in [0.717, 1.165) is 0 Å². The smallest absolute Gasteiger partial charge is 0.311 e. The van der Waals surface area contributed by atoms with Crippen molar-refractivity contribution in [2.45, 2.75) is 71.5 Å². The van der Waals surface area contributed by atoms with Gasteiger partial charge in [-0.05, 0) is 43.8 Å². The molecule has 0 spiro atoms. The van der Waals surface area contributed by atoms with Crippen LogP contribution in [0, 0.1) is 0 Å². The van der Waals surface area contributed by atoms with E-state index < -0.39 is 25.9 Å². The Morgan fingerprint density at radius 1 is 0.812 bits per heavy atom. The molecule has 2 nitrogen and oxygen atoms in total. The Labute approximate surface area is 106 Å². The predicted molar refractivity (Wildman–Crippen MR) is 80.3 cm³/mol. The molecule has 5 heteroatoms. The lowest BCUT2D eigenvalue weighted by atomic mass is 10.5. The molecule has 0 radical (unpaired) electrons. The van der Waals surface area contributed by atoms with Gasteiger partial charge in [0.1, 0.15) is 0 Å². The van der Waals surface area contributed by atoms with E-state index in [-0.39, 0.29) is 0 Å². The van der Waals surface area contributed by atoms with Gasteiger partial charge in [0.15, 0.2) is 17.4 Å². The molecular weight excluding hydrogens is 248 g/mol. The lowest BCUT2D eigenvalue weighted by Crippen LogP contribution is -2.49. The largest absolute Gasteiger partial charge is 0.438 e. The Balaban J connectivity index is 4.54. The molecule has 0 N–H and O–H groups in total. The van der Waals surface area contributed by atoms with Crippen LogP contribution in [-0.4, -0.2) is 25.9 Å². The van der Waals surface area contributed by atoms with Crippen molar-refractivity contribution in [3.8, 4) is 0 Å². The second kappa shape index (κ2) is 5.95. The first-order valence-electron chi connectivity index (χ1n) is 6.32. The van der Waals surface area contributed by atoms with Gasteiger partial charge in [-0.25, -0.2) is 0 Å². The highest BCUT2D eigenvalue weighted by Gasteiger charge is 2.36. The summed E-state index contributed by atoms with van der Waals surface area (Å²) >= 11 is 0. The van der Waals surface area contributed by atoms with Crippen LogP contribution in [0.3, 0.4) is 0 Å². The number of hydrogen-bond donors (Lipinski definition) is 0. The third kappa shape index (κ3) is 7.01. The van der Waals surface area contributed by atoms with E-state index in [0.29, 0.717) is 11.1 Å². The first-order chi connectivity index (χ1) is 6.94. The molecule has 0 aliphatic heterocycles. The van der Waals surface area contributed by atoms with Gasteiger partial charge in [-0.1, -0.05) is 27.7 Å². The summed E-state index contributed by atoms with van der Waals surface area (Å²) < 4.78 is 12.7. The fourth-order valence-corrected chi connectivity index (χ4v) is 15.0. The molecule has 16 heavy (non-hydrogen) atoms. The predicted octanol–water partition coefficient (Wildman–Crippen LogP) is 4.10. The minimum atomic E-state index is -1.90. The van der Waals surface area contributed by atoms with Gasteiger partial charge in [0, 0.05) is 0 Å². The molecule has 0 aliphatic rings. The van der Waals surface area contributed by atoms with Crippen molar-refractivity contribution in [2.75, 3.05) is 0 Å². The summed E-state index contributed by atoms with van der Waals surface area (Å²) in [6.07, 6.45) is 0. The molecule has 0 heterocycles. The Hall–Kier alpha value is 0.571. The lowest BCUT2D eigenvalue weighted by molar-refractivity contribution is 0.390. The van der Waals surface area contributed by atoms with Crippen LogP contribution in [0.25, 0.3) is 0 Å². The Kier molecular flexibility index (Phi) is 6.16. The van der Waals surface area contributed by atoms with Crippen LogP contribution in [0.4, 0.5) is 0 Å². The van der Waals surface area contributed by atoms with Gasteiger partial charge in [0.05, 0.1) is 0 Å². The van der Waals surface area contributed by atoms with Crippen molar-refractivity contribution in [1.82, 2.24) is 0 Å². The zero-order valence-electron chi connectivity index (χ0n) is 12.5. The zero-order chi connectivity index (χ0) is 13.1. The third-order valence-corrected chi connectivity index (χ3v) is 12.7. The highest BCUT2D eigenvalue weighted by molar-refractivity contribution is 6.84. The summed E-state index contributed by atoms with van der Waals surface area (Å²) in [7, 11) is -4.51. The Bertz CT molecular complexity index is 202. The second-order valence-corrected chi connectivity index (χ2v) is 19.1. The van der Waals surface area contributed by atoms with Gasteiger partial charge in [-0.3, -0.25) is 0 Å². The highest BCUT2D eigenvalue weighted by atomic mass is 28.5. The van der Waals surface area contributed by atoms with Crippen molar-refractivity contribution in [1.29, 1.82) is 0 Å². The fourth-order valence-electron chi connectivity index (χ4n) is 2.13. The highest BCUT2D eigenvalue weighted by Crippen LogP contribution is 2.26. The molecule has 0 aromatic carbocycles. The zero-order valence-corrected chi connectivity index (χ0v) is 15.7. The SMILES string of the molecule is CC(C)[SiH](O[Si](C)(C)O[Si](C)(C)C)C(C)C. The van der Waals surface area contributed by atoms with Crippen LogP contribution in [0.1, 0.15) is 27.7 Å². The van der Waals surface area contributed by atoms with E-state index in [1.54, 1.807) is 0 Å². The molecular formula is C11H30O2Si3. The topological polar surface area (TPSA) is 18.5 Å². The minimum absolute atomic E-state index is 0.692. The standard InChI is InChI=1S/C11H30O2Si3/c1-10(2)14(11(3)4)12-16(8,9)13-15(5,6)7/h10-11,14H,1-9H3. The van der Waals surface area contributed by atoms with E-state index in [4.69, 9.17) is 8.23 Å². The maximum Gasteiger partial charge on any atom is 0.311 e. The van der Waals surface area contributed by atoms with Crippen molar-refractivity contribution >= 4 is 25.9 Å². The van der Waals surface area contributed by atoms with Crippen LogP contribution < -0.4 is 0 Å². The molecule has 0 unspecified atom stereocenters. The Morgan fingerprint density at radius 3 is 1.44 bits per heavy atom. The summed E-state index contributed by atoms with van der Waals surface area (Å²) in [4.78, 5) is 0. The van der Waals surface area contributed by atoms with Crippen molar-refractivity contribution in [3.05, 3.63) is 0 Å². The van der Waals surface area contributed by atoms with Crippen molar-refractivity contribution in [2.24, 2.45) is 0 Å². The molecule has 0 aromatic rings. The second-order valence-electron chi connectivity index (χ2n) is 6.68. The summed E-state index contributed by atoms with van der Waals surface area (Å²) in [5.41, 5.74) is 1.38. The number of rotatable bonds is 6. The van der Waals surface area contributed by atoms with Crippen LogP contribution in [-0.2, 0) is 8.23 Å². The van der Waals surface area contributed by atoms with E-state index >= 15 is 0 Å². The molecule has 0 rings (SSSR count). The van der Waals surface area contributed by atoms with Crippen LogP contribution in [0.5, 0.6) is 0 Å². The van der Waals surface area contributed by atoms with E-state index in [1.165, 1.54) is 0 Å². The quantitative estimate of drug-likeness (QED) is 0.681. The van der Waals surface area contributed by atoms with Gasteiger partial charge in [-0.15, -0.1) is 0 Å². The first-order valence-corrected chi connectivity index (χ1v) is 14.4. The molecule has 0 bridgehead atoms. The fraction of sp³-hybridized carbons (Fsp3) is 1.00. The molecule has 0 aliphatic carbocycles. The normalized spacial score (nSPS) is 14.2. The maximum absolute atomic E-state index is 6.43. The van der Waals surface area contributed by atoms with Crippen LogP contribution in [0.15, 0.2) is 0 Å². The summed E-state index contributed by atoms with van der Waals surface area (Å²) in [6, 6.07) is 0. The lowest BCUT2D eigenvalue weighted by Gasteiger charge is -2.36. The van der Waals surface area contributed by atoms with E-state index in [9.17, 15) is 0 Å². The summed E-state index contributed by atoms with van der Waals surface area (Å²) in [5, 5.41) is 0. The van der Waals surface area contributed by atoms with E-state index in [1.807, 2.05) is 0 Å². The van der Waals surface area contributed by atoms with E-state index in [2.05, 4.69) is 60.4 Å². The molecule has 98 valence electrons. The van der Waals surface area contributed by atoms with Crippen LogP contribution in [0.2, 0.25) is 43.8 Å². The van der Waals surface area contributed by atoms with Crippen molar-refractivity contribution in [3.63, 3.8) is 0 Å². The monoisotopic (exact) mass is 278 g/mol. The van der Waals surface area contributed by atoms with Crippen LogP contribution >= 0.6 is 0 Å². The average molecular weight is 279 g/mol. The average Bonchev–Trinajstić information content (AvgIpc) is 1.94. The first kappa shape index (κ1) is 16.6. The van der Waals surface area contributed by atoms with Gasteiger partial charge in [-0.2, -0.15) is 0 Å². The minimum Gasteiger partial charge on any atom is -0.438 e. The molecule has 0 amide bonds. The van der Waals surface area contributed by atoms with Crippen molar-refractivity contribution < 1.29 is 8.23 Å². The number of hydrogen-bond acceptors (Lipinski definition) is 2. The maximum atomic E-state index is 6.43. The molecule has 0 fully saturated rings. The Morgan fingerprint density at radius 2 is 1.19 bits per heavy atom.